The molecular formula is C10H11NO4. The first-order valence-electron chi connectivity index (χ1n) is 4.23. The molecule has 0 aliphatic rings. The highest BCUT2D eigenvalue weighted by Gasteiger charge is 2.11. The zero-order chi connectivity index (χ0) is 11.4. The highest BCUT2D eigenvalue weighted by atomic mass is 16.5. The van der Waals surface area contributed by atoms with Crippen LogP contribution in [0.3, 0.4) is 0 Å². The van der Waals surface area contributed by atoms with Crippen molar-refractivity contribution in [2.45, 2.75) is 6.92 Å². The van der Waals surface area contributed by atoms with Gasteiger partial charge in [-0.15, -0.1) is 0 Å². The molecule has 1 aromatic carbocycles. The van der Waals surface area contributed by atoms with E-state index in [1.54, 1.807) is 6.07 Å². The second-order valence-corrected chi connectivity index (χ2v) is 2.90. The standard InChI is InChI=1S/C10H11NO4/c1-6(12)11-7-3-4-9(15-2)8(5-7)10(13)14/h3-5H,1-2H3,(H,11,12)(H,13,14). The number of carboxylic acid groups (broad SMARTS) is 1. The van der Waals surface area contributed by atoms with Crippen LogP contribution < -0.4 is 10.1 Å². The van der Waals surface area contributed by atoms with Crippen molar-refractivity contribution in [3.63, 3.8) is 0 Å². The summed E-state index contributed by atoms with van der Waals surface area (Å²) in [6.07, 6.45) is 0. The number of methoxy groups -OCH3 is 1. The summed E-state index contributed by atoms with van der Waals surface area (Å²) in [6, 6.07) is 4.42. The maximum atomic E-state index is 10.8. The molecule has 1 aromatic rings. The number of nitrogens with one attached hydrogen (secondary N) is 1. The molecule has 0 saturated carbocycles. The zero-order valence-electron chi connectivity index (χ0n) is 8.40. The van der Waals surface area contributed by atoms with Gasteiger partial charge in [0.25, 0.3) is 0 Å². The van der Waals surface area contributed by atoms with Gasteiger partial charge >= 0.3 is 5.97 Å². The number of amides is 1. The fourth-order valence-electron chi connectivity index (χ4n) is 1.16. The lowest BCUT2D eigenvalue weighted by Crippen LogP contribution is -2.07. The molecule has 0 fully saturated rings. The Bertz CT molecular complexity index is 400. The zero-order valence-corrected chi connectivity index (χ0v) is 8.40. The van der Waals surface area contributed by atoms with Crippen LogP contribution in [0.1, 0.15) is 17.3 Å². The smallest absolute Gasteiger partial charge is 0.339 e. The van der Waals surface area contributed by atoms with E-state index in [1.165, 1.54) is 26.2 Å². The third-order valence-electron chi connectivity index (χ3n) is 1.75. The van der Waals surface area contributed by atoms with Crippen molar-refractivity contribution in [1.29, 1.82) is 0 Å². The summed E-state index contributed by atoms with van der Waals surface area (Å²) in [6.45, 7) is 1.35. The van der Waals surface area contributed by atoms with Crippen molar-refractivity contribution < 1.29 is 19.4 Å². The van der Waals surface area contributed by atoms with Crippen molar-refractivity contribution >= 4 is 17.6 Å². The number of aromatic carboxylic acids is 1. The van der Waals surface area contributed by atoms with Gasteiger partial charge in [-0.3, -0.25) is 4.79 Å². The number of rotatable bonds is 3. The molecule has 0 atom stereocenters. The van der Waals surface area contributed by atoms with Gasteiger partial charge in [0.2, 0.25) is 5.91 Å². The first-order valence-corrected chi connectivity index (χ1v) is 4.23. The van der Waals surface area contributed by atoms with Gasteiger partial charge in [-0.25, -0.2) is 4.79 Å². The van der Waals surface area contributed by atoms with Crippen LogP contribution in [0.25, 0.3) is 0 Å². The van der Waals surface area contributed by atoms with Crippen LogP contribution in [0.15, 0.2) is 18.2 Å². The van der Waals surface area contributed by atoms with Crippen molar-refractivity contribution in [3.05, 3.63) is 23.8 Å². The molecule has 0 unspecified atom stereocenters. The largest absolute Gasteiger partial charge is 0.496 e. The number of carbonyl (C=O) groups excluding carboxylic acids is 1. The fourth-order valence-corrected chi connectivity index (χ4v) is 1.16. The summed E-state index contributed by atoms with van der Waals surface area (Å²) in [5, 5.41) is 11.4. The number of ether oxygens (including phenoxy) is 1. The van der Waals surface area contributed by atoms with Crippen molar-refractivity contribution in [3.8, 4) is 5.75 Å². The lowest BCUT2D eigenvalue weighted by atomic mass is 10.2. The molecule has 2 N–H and O–H groups in total. The molecule has 0 heterocycles. The lowest BCUT2D eigenvalue weighted by molar-refractivity contribution is -0.114. The van der Waals surface area contributed by atoms with Crippen LogP contribution in [0.2, 0.25) is 0 Å². The predicted octanol–water partition coefficient (Wildman–Crippen LogP) is 1.35. The van der Waals surface area contributed by atoms with E-state index in [0.717, 1.165) is 0 Å². The number of benzene rings is 1. The fraction of sp³-hybridized carbons (Fsp3) is 0.200. The quantitative estimate of drug-likeness (QED) is 0.787. The van der Waals surface area contributed by atoms with Crippen LogP contribution in [0.4, 0.5) is 5.69 Å². The van der Waals surface area contributed by atoms with Gasteiger partial charge in [-0.1, -0.05) is 0 Å². The second-order valence-electron chi connectivity index (χ2n) is 2.90. The highest BCUT2D eigenvalue weighted by Crippen LogP contribution is 2.22. The van der Waals surface area contributed by atoms with Crippen LogP contribution in [0.5, 0.6) is 5.75 Å². The Morgan fingerprint density at radius 3 is 2.53 bits per heavy atom. The topological polar surface area (TPSA) is 75.6 Å². The summed E-state index contributed by atoms with van der Waals surface area (Å²) < 4.78 is 4.87. The van der Waals surface area contributed by atoms with Crippen LogP contribution in [-0.2, 0) is 4.79 Å². The lowest BCUT2D eigenvalue weighted by Gasteiger charge is -2.07. The summed E-state index contributed by atoms with van der Waals surface area (Å²) in [7, 11) is 1.39. The van der Waals surface area contributed by atoms with Crippen LogP contribution in [0, 0.1) is 0 Å². The first-order chi connectivity index (χ1) is 7.04. The van der Waals surface area contributed by atoms with Gasteiger partial charge in [0.1, 0.15) is 11.3 Å². The van der Waals surface area contributed by atoms with Crippen molar-refractivity contribution in [1.82, 2.24) is 0 Å². The Balaban J connectivity index is 3.10. The Hall–Kier alpha value is -2.04. The minimum atomic E-state index is -1.10. The summed E-state index contributed by atoms with van der Waals surface area (Å²) in [5.41, 5.74) is 0.449. The molecule has 0 spiro atoms. The number of carboxylic acids is 1. The maximum Gasteiger partial charge on any atom is 0.339 e. The SMILES string of the molecule is COc1ccc(NC(C)=O)cc1C(=O)O. The molecule has 0 bridgehead atoms. The Morgan fingerprint density at radius 2 is 2.07 bits per heavy atom. The third-order valence-corrected chi connectivity index (χ3v) is 1.75. The Labute approximate surface area is 86.7 Å². The predicted molar refractivity (Wildman–Crippen MR) is 54.3 cm³/mol. The van der Waals surface area contributed by atoms with E-state index in [9.17, 15) is 9.59 Å². The Kier molecular flexibility index (Phi) is 3.28. The molecule has 15 heavy (non-hydrogen) atoms. The molecular weight excluding hydrogens is 198 g/mol. The molecule has 0 aromatic heterocycles. The molecule has 0 radical (unpaired) electrons. The van der Waals surface area contributed by atoms with E-state index in [0.29, 0.717) is 5.69 Å². The van der Waals surface area contributed by atoms with E-state index >= 15 is 0 Å². The number of anilines is 1. The molecule has 0 saturated heterocycles. The molecule has 5 nitrogen and oxygen atoms in total. The first kappa shape index (κ1) is 11.0. The van der Waals surface area contributed by atoms with Gasteiger partial charge in [0, 0.05) is 12.6 Å². The summed E-state index contributed by atoms with van der Waals surface area (Å²) in [4.78, 5) is 21.6. The summed E-state index contributed by atoms with van der Waals surface area (Å²) in [5.74, 6) is -1.09. The van der Waals surface area contributed by atoms with Crippen LogP contribution in [-0.4, -0.2) is 24.1 Å². The van der Waals surface area contributed by atoms with E-state index in [1.807, 2.05) is 0 Å². The average Bonchev–Trinajstić information content (AvgIpc) is 2.16. The molecule has 0 aliphatic carbocycles. The monoisotopic (exact) mass is 209 g/mol. The van der Waals surface area contributed by atoms with E-state index in [2.05, 4.69) is 5.32 Å². The normalized spacial score (nSPS) is 9.47. The van der Waals surface area contributed by atoms with Crippen molar-refractivity contribution in [2.75, 3.05) is 12.4 Å². The third kappa shape index (κ3) is 2.70. The average molecular weight is 209 g/mol. The molecule has 0 aliphatic heterocycles. The van der Waals surface area contributed by atoms with Gasteiger partial charge in [-0.2, -0.15) is 0 Å². The van der Waals surface area contributed by atoms with Crippen molar-refractivity contribution in [2.24, 2.45) is 0 Å². The van der Waals surface area contributed by atoms with E-state index in [4.69, 9.17) is 9.84 Å². The highest BCUT2D eigenvalue weighted by molar-refractivity contribution is 5.95. The van der Waals surface area contributed by atoms with E-state index in [-0.39, 0.29) is 17.2 Å². The van der Waals surface area contributed by atoms with Gasteiger partial charge in [0.15, 0.2) is 0 Å². The van der Waals surface area contributed by atoms with Gasteiger partial charge in [-0.05, 0) is 18.2 Å². The number of carbonyl (C=O) groups is 2. The number of hydrogen-bond donors (Lipinski definition) is 2. The molecule has 1 amide bonds. The number of hydrogen-bond acceptors (Lipinski definition) is 3. The minimum absolute atomic E-state index is 0.0174. The second kappa shape index (κ2) is 4.45. The summed E-state index contributed by atoms with van der Waals surface area (Å²) >= 11 is 0. The molecule has 5 heteroatoms. The Morgan fingerprint density at radius 1 is 1.40 bits per heavy atom. The van der Waals surface area contributed by atoms with Crippen LogP contribution >= 0.6 is 0 Å². The van der Waals surface area contributed by atoms with Gasteiger partial charge in [0.05, 0.1) is 7.11 Å². The van der Waals surface area contributed by atoms with Gasteiger partial charge < -0.3 is 15.2 Å². The minimum Gasteiger partial charge on any atom is -0.496 e. The van der Waals surface area contributed by atoms with E-state index < -0.39 is 5.97 Å². The molecule has 1 rings (SSSR count). The molecule has 80 valence electrons. The maximum absolute atomic E-state index is 10.8.